The van der Waals surface area contributed by atoms with Gasteiger partial charge in [-0.15, -0.1) is 0 Å². The number of hydrogen-bond acceptors (Lipinski definition) is 5. The largest absolute Gasteiger partial charge is 0.466 e. The molecule has 0 aliphatic heterocycles. The molecule has 0 spiro atoms. The van der Waals surface area contributed by atoms with Gasteiger partial charge in [-0.05, 0) is 51.4 Å². The first-order chi connectivity index (χ1) is 32.5. The molecule has 0 aliphatic carbocycles. The lowest BCUT2D eigenvalue weighted by molar-refractivity contribution is -0.143. The monoisotopic (exact) mass is 932 g/mol. The van der Waals surface area contributed by atoms with Gasteiger partial charge in [0, 0.05) is 12.8 Å². The molecule has 0 aliphatic rings. The molecule has 392 valence electrons. The maximum Gasteiger partial charge on any atom is 0.305 e. The molecule has 2 unspecified atom stereocenters. The van der Waals surface area contributed by atoms with Crippen molar-refractivity contribution >= 4 is 11.9 Å². The van der Waals surface area contributed by atoms with E-state index in [0.29, 0.717) is 25.9 Å². The first-order valence-electron chi connectivity index (χ1n) is 29.9. The van der Waals surface area contributed by atoms with Crippen molar-refractivity contribution in [1.82, 2.24) is 5.32 Å². The Labute approximate surface area is 412 Å². The fourth-order valence-electron chi connectivity index (χ4n) is 9.46. The van der Waals surface area contributed by atoms with E-state index >= 15 is 0 Å². The van der Waals surface area contributed by atoms with Crippen LogP contribution in [0.5, 0.6) is 0 Å². The fraction of sp³-hybridized carbons (Fsp3) is 0.933. The molecule has 6 nitrogen and oxygen atoms in total. The van der Waals surface area contributed by atoms with Crippen LogP contribution in [0.1, 0.15) is 335 Å². The fourth-order valence-corrected chi connectivity index (χ4v) is 9.46. The van der Waals surface area contributed by atoms with E-state index in [9.17, 15) is 19.8 Å². The third-order valence-electron chi connectivity index (χ3n) is 14.1. The molecule has 0 aromatic carbocycles. The number of aliphatic hydroxyl groups excluding tert-OH is 2. The van der Waals surface area contributed by atoms with Crippen LogP contribution in [-0.2, 0) is 14.3 Å². The predicted octanol–water partition coefficient (Wildman–Crippen LogP) is 18.5. The Bertz CT molecular complexity index is 986. The van der Waals surface area contributed by atoms with Crippen molar-refractivity contribution < 1.29 is 24.5 Å². The van der Waals surface area contributed by atoms with Crippen LogP contribution < -0.4 is 5.32 Å². The maximum absolute atomic E-state index is 12.5. The lowest BCUT2D eigenvalue weighted by atomic mass is 10.0. The normalized spacial score (nSPS) is 12.6. The Kier molecular flexibility index (Phi) is 55.0. The molecule has 1 amide bonds. The summed E-state index contributed by atoms with van der Waals surface area (Å²) in [5, 5.41) is 23.3. The number of esters is 1. The van der Waals surface area contributed by atoms with Crippen LogP contribution in [0.4, 0.5) is 0 Å². The standard InChI is InChI=1S/C60H117NO5/c1-3-5-7-9-11-13-15-17-24-28-32-36-40-44-48-52-58(63)57(56-62)61-59(64)53-49-45-41-37-33-29-26-22-20-19-21-23-27-31-35-39-43-47-51-55-66-60(65)54-50-46-42-38-34-30-25-18-16-14-12-10-8-6-4-2/h18,25,57-58,62-63H,3-17,19-24,26-56H2,1-2H3,(H,61,64)/b25-18-. The van der Waals surface area contributed by atoms with Gasteiger partial charge in [-0.3, -0.25) is 9.59 Å². The molecular formula is C60H117NO5. The first-order valence-corrected chi connectivity index (χ1v) is 29.9. The molecule has 3 N–H and O–H groups in total. The molecule has 0 aromatic rings. The lowest BCUT2D eigenvalue weighted by Gasteiger charge is -2.22. The minimum Gasteiger partial charge on any atom is -0.466 e. The second-order valence-electron chi connectivity index (χ2n) is 20.7. The Morgan fingerprint density at radius 1 is 0.409 bits per heavy atom. The summed E-state index contributed by atoms with van der Waals surface area (Å²) in [6, 6.07) is -0.543. The number of rotatable bonds is 56. The highest BCUT2D eigenvalue weighted by Gasteiger charge is 2.20. The molecule has 66 heavy (non-hydrogen) atoms. The minimum atomic E-state index is -0.665. The van der Waals surface area contributed by atoms with Gasteiger partial charge in [0.05, 0.1) is 25.4 Å². The molecule has 0 bridgehead atoms. The highest BCUT2D eigenvalue weighted by molar-refractivity contribution is 5.76. The van der Waals surface area contributed by atoms with E-state index < -0.39 is 12.1 Å². The summed E-state index contributed by atoms with van der Waals surface area (Å²) in [6.45, 7) is 4.96. The number of carbonyl (C=O) groups is 2. The van der Waals surface area contributed by atoms with Crippen molar-refractivity contribution in [2.45, 2.75) is 347 Å². The smallest absolute Gasteiger partial charge is 0.305 e. The predicted molar refractivity (Wildman–Crippen MR) is 287 cm³/mol. The van der Waals surface area contributed by atoms with Crippen molar-refractivity contribution in [3.8, 4) is 0 Å². The van der Waals surface area contributed by atoms with Crippen molar-refractivity contribution in [3.63, 3.8) is 0 Å². The summed E-state index contributed by atoms with van der Waals surface area (Å²) in [7, 11) is 0. The zero-order chi connectivity index (χ0) is 47.9. The van der Waals surface area contributed by atoms with Gasteiger partial charge in [0.15, 0.2) is 0 Å². The van der Waals surface area contributed by atoms with E-state index in [1.54, 1.807) is 0 Å². The average Bonchev–Trinajstić information content (AvgIpc) is 3.32. The molecule has 2 atom stereocenters. The maximum atomic E-state index is 12.5. The molecule has 0 saturated carbocycles. The van der Waals surface area contributed by atoms with E-state index in [-0.39, 0.29) is 18.5 Å². The van der Waals surface area contributed by atoms with Crippen LogP contribution in [0, 0.1) is 0 Å². The Hall–Kier alpha value is -1.40. The third kappa shape index (κ3) is 52.0. The number of hydrogen-bond donors (Lipinski definition) is 3. The molecule has 0 aromatic heterocycles. The van der Waals surface area contributed by atoms with Gasteiger partial charge >= 0.3 is 5.97 Å². The Morgan fingerprint density at radius 3 is 1.08 bits per heavy atom. The van der Waals surface area contributed by atoms with E-state index in [1.807, 2.05) is 0 Å². The summed E-state index contributed by atoms with van der Waals surface area (Å²) >= 11 is 0. The summed E-state index contributed by atoms with van der Waals surface area (Å²) in [6.07, 6.45) is 66.3. The van der Waals surface area contributed by atoms with Crippen molar-refractivity contribution in [1.29, 1.82) is 0 Å². The highest BCUT2D eigenvalue weighted by Crippen LogP contribution is 2.18. The molecule has 0 rings (SSSR count). The third-order valence-corrected chi connectivity index (χ3v) is 14.1. The van der Waals surface area contributed by atoms with E-state index in [4.69, 9.17) is 4.74 Å². The summed E-state index contributed by atoms with van der Waals surface area (Å²) in [5.74, 6) is -0.0339. The summed E-state index contributed by atoms with van der Waals surface area (Å²) in [4.78, 5) is 24.5. The number of unbranched alkanes of at least 4 members (excludes halogenated alkanes) is 43. The minimum absolute atomic E-state index is 0.00181. The number of carbonyl (C=O) groups excluding carboxylic acids is 2. The summed E-state index contributed by atoms with van der Waals surface area (Å²) in [5.41, 5.74) is 0. The Balaban J connectivity index is 3.39. The second-order valence-corrected chi connectivity index (χ2v) is 20.7. The van der Waals surface area contributed by atoms with Crippen LogP contribution in [0.15, 0.2) is 12.2 Å². The number of amides is 1. The zero-order valence-corrected chi connectivity index (χ0v) is 44.7. The molecular weight excluding hydrogens is 815 g/mol. The van der Waals surface area contributed by atoms with Gasteiger partial charge in [0.25, 0.3) is 0 Å². The topological polar surface area (TPSA) is 95.9 Å². The number of ether oxygens (including phenoxy) is 1. The molecule has 0 saturated heterocycles. The zero-order valence-electron chi connectivity index (χ0n) is 44.7. The SMILES string of the molecule is CCCCCCCC/C=C\CCCCCCCC(=O)OCCCCCCCCCCCCCCCCCCCCCC(=O)NC(CO)C(O)CCCCCCCCCCCCCCCCC. The van der Waals surface area contributed by atoms with E-state index in [1.165, 1.54) is 257 Å². The number of nitrogens with one attached hydrogen (secondary N) is 1. The van der Waals surface area contributed by atoms with Gasteiger partial charge in [0.1, 0.15) is 0 Å². The van der Waals surface area contributed by atoms with E-state index in [0.717, 1.165) is 44.9 Å². The van der Waals surface area contributed by atoms with Crippen LogP contribution in [0.2, 0.25) is 0 Å². The van der Waals surface area contributed by atoms with Crippen LogP contribution in [-0.4, -0.2) is 47.4 Å². The lowest BCUT2D eigenvalue weighted by Crippen LogP contribution is -2.45. The average molecular weight is 933 g/mol. The highest BCUT2D eigenvalue weighted by atomic mass is 16.5. The Morgan fingerprint density at radius 2 is 0.712 bits per heavy atom. The van der Waals surface area contributed by atoms with Crippen molar-refractivity contribution in [2.75, 3.05) is 13.2 Å². The van der Waals surface area contributed by atoms with Crippen molar-refractivity contribution in [3.05, 3.63) is 12.2 Å². The first kappa shape index (κ1) is 64.6. The quantitative estimate of drug-likeness (QED) is 0.0321. The van der Waals surface area contributed by atoms with Gasteiger partial charge in [-0.25, -0.2) is 0 Å². The van der Waals surface area contributed by atoms with Gasteiger partial charge in [0.2, 0.25) is 5.91 Å². The number of allylic oxidation sites excluding steroid dienone is 2. The summed E-state index contributed by atoms with van der Waals surface area (Å²) < 4.78 is 5.48. The number of aliphatic hydroxyl groups is 2. The molecule has 6 heteroatoms. The van der Waals surface area contributed by atoms with E-state index in [2.05, 4.69) is 31.3 Å². The van der Waals surface area contributed by atoms with Gasteiger partial charge < -0.3 is 20.3 Å². The molecule has 0 radical (unpaired) electrons. The molecule has 0 heterocycles. The van der Waals surface area contributed by atoms with Crippen LogP contribution >= 0.6 is 0 Å². The van der Waals surface area contributed by atoms with Gasteiger partial charge in [-0.2, -0.15) is 0 Å². The van der Waals surface area contributed by atoms with Gasteiger partial charge in [-0.1, -0.05) is 283 Å². The van der Waals surface area contributed by atoms with Crippen LogP contribution in [0.3, 0.4) is 0 Å². The molecule has 0 fully saturated rings. The van der Waals surface area contributed by atoms with Crippen molar-refractivity contribution in [2.24, 2.45) is 0 Å². The van der Waals surface area contributed by atoms with Crippen LogP contribution in [0.25, 0.3) is 0 Å². The second kappa shape index (κ2) is 56.2.